The summed E-state index contributed by atoms with van der Waals surface area (Å²) in [5.41, 5.74) is 0. The number of rotatable bonds is 7. The van der Waals surface area contributed by atoms with E-state index >= 15 is 0 Å². The van der Waals surface area contributed by atoms with Crippen LogP contribution in [0.2, 0.25) is 0 Å². The van der Waals surface area contributed by atoms with Crippen LogP contribution >= 0.6 is 0 Å². The Balaban J connectivity index is 2.89. The molecule has 0 saturated heterocycles. The molecule has 0 saturated carbocycles. The lowest BCUT2D eigenvalue weighted by Gasteiger charge is -2.17. The predicted molar refractivity (Wildman–Crippen MR) is 67.9 cm³/mol. The first-order valence-electron chi connectivity index (χ1n) is 5.97. The first-order valence-corrected chi connectivity index (χ1v) is 5.97. The summed E-state index contributed by atoms with van der Waals surface area (Å²) in [4.78, 5) is 3.90. The molecule has 1 rings (SSSR count). The Hall–Kier alpha value is -1.43. The first-order chi connectivity index (χ1) is 8.62. The largest absolute Gasteiger partial charge is 0.383 e. The summed E-state index contributed by atoms with van der Waals surface area (Å²) in [7, 11) is 1.57. The van der Waals surface area contributed by atoms with E-state index in [0.29, 0.717) is 13.2 Å². The monoisotopic (exact) mass is 259 g/mol. The van der Waals surface area contributed by atoms with Crippen LogP contribution in [0, 0.1) is 11.6 Å². The molecule has 0 aromatic carbocycles. The van der Waals surface area contributed by atoms with E-state index in [1.807, 2.05) is 13.8 Å². The third-order valence-electron chi connectivity index (χ3n) is 2.48. The number of methoxy groups -OCH3 is 1. The highest BCUT2D eigenvalue weighted by Crippen LogP contribution is 2.20. The lowest BCUT2D eigenvalue weighted by molar-refractivity contribution is 0.184. The Kier molecular flexibility index (Phi) is 5.77. The third-order valence-corrected chi connectivity index (χ3v) is 2.48. The molecule has 1 atom stereocenters. The van der Waals surface area contributed by atoms with Crippen LogP contribution in [0.5, 0.6) is 0 Å². The smallest absolute Gasteiger partial charge is 0.168 e. The molecule has 0 aliphatic rings. The van der Waals surface area contributed by atoms with Crippen molar-refractivity contribution < 1.29 is 13.5 Å². The predicted octanol–water partition coefficient (Wildman–Crippen LogP) is 2.63. The standard InChI is InChI=1S/C12H19F2N3O/c1-4-8(7-18-3)16-12-10(14)6-9(13)11(17-12)15-5-2/h6,8H,4-5,7H2,1-3H3,(H2,15,16,17). The first kappa shape index (κ1) is 14.6. The highest BCUT2D eigenvalue weighted by Gasteiger charge is 2.14. The van der Waals surface area contributed by atoms with Crippen molar-refractivity contribution in [3.63, 3.8) is 0 Å². The summed E-state index contributed by atoms with van der Waals surface area (Å²) < 4.78 is 31.9. The minimum atomic E-state index is -0.705. The molecule has 1 aromatic rings. The Morgan fingerprint density at radius 1 is 1.28 bits per heavy atom. The molecule has 0 fully saturated rings. The summed E-state index contributed by atoms with van der Waals surface area (Å²) in [6.45, 7) is 4.72. The van der Waals surface area contributed by atoms with Gasteiger partial charge in [-0.25, -0.2) is 13.8 Å². The van der Waals surface area contributed by atoms with Crippen molar-refractivity contribution in [3.05, 3.63) is 17.7 Å². The second kappa shape index (κ2) is 7.10. The molecule has 0 aliphatic carbocycles. The van der Waals surface area contributed by atoms with Gasteiger partial charge in [0.05, 0.1) is 12.6 Å². The maximum Gasteiger partial charge on any atom is 0.168 e. The summed E-state index contributed by atoms with van der Waals surface area (Å²) in [5.74, 6) is -1.31. The number of nitrogens with zero attached hydrogens (tertiary/aromatic N) is 1. The average Bonchev–Trinajstić information content (AvgIpc) is 2.34. The van der Waals surface area contributed by atoms with Crippen molar-refractivity contribution in [2.75, 3.05) is 30.9 Å². The molecule has 1 heterocycles. The van der Waals surface area contributed by atoms with Crippen LogP contribution in [0.4, 0.5) is 20.4 Å². The van der Waals surface area contributed by atoms with Crippen LogP contribution < -0.4 is 10.6 Å². The fourth-order valence-electron chi connectivity index (χ4n) is 1.52. The SMILES string of the molecule is CCNc1nc(NC(CC)COC)c(F)cc1F. The van der Waals surface area contributed by atoms with Crippen LogP contribution in [-0.4, -0.2) is 31.3 Å². The number of nitrogens with one attached hydrogen (secondary N) is 2. The summed E-state index contributed by atoms with van der Waals surface area (Å²) in [6, 6.07) is 0.768. The second-order valence-corrected chi connectivity index (χ2v) is 3.88. The lowest BCUT2D eigenvalue weighted by Crippen LogP contribution is -2.25. The van der Waals surface area contributed by atoms with E-state index in [1.165, 1.54) is 0 Å². The highest BCUT2D eigenvalue weighted by atomic mass is 19.1. The lowest BCUT2D eigenvalue weighted by atomic mass is 10.2. The molecule has 6 heteroatoms. The molecule has 0 aliphatic heterocycles. The van der Waals surface area contributed by atoms with Gasteiger partial charge in [-0.05, 0) is 13.3 Å². The number of aromatic nitrogens is 1. The van der Waals surface area contributed by atoms with Crippen molar-refractivity contribution >= 4 is 11.6 Å². The topological polar surface area (TPSA) is 46.2 Å². The highest BCUT2D eigenvalue weighted by molar-refractivity contribution is 5.48. The maximum atomic E-state index is 13.6. The van der Waals surface area contributed by atoms with Crippen molar-refractivity contribution in [2.45, 2.75) is 26.3 Å². The van der Waals surface area contributed by atoms with Crippen LogP contribution in [0.3, 0.4) is 0 Å². The maximum absolute atomic E-state index is 13.6. The van der Waals surface area contributed by atoms with E-state index in [0.717, 1.165) is 12.5 Å². The molecule has 102 valence electrons. The van der Waals surface area contributed by atoms with E-state index < -0.39 is 11.6 Å². The van der Waals surface area contributed by atoms with Crippen molar-refractivity contribution in [1.29, 1.82) is 0 Å². The van der Waals surface area contributed by atoms with Gasteiger partial charge >= 0.3 is 0 Å². The van der Waals surface area contributed by atoms with Gasteiger partial charge in [0.15, 0.2) is 23.3 Å². The summed E-state index contributed by atoms with van der Waals surface area (Å²) >= 11 is 0. The Labute approximate surface area is 106 Å². The second-order valence-electron chi connectivity index (χ2n) is 3.88. The Bertz CT molecular complexity index is 388. The van der Waals surface area contributed by atoms with E-state index in [4.69, 9.17) is 4.74 Å². The summed E-state index contributed by atoms with van der Waals surface area (Å²) in [6.07, 6.45) is 0.753. The number of ether oxygens (including phenoxy) is 1. The van der Waals surface area contributed by atoms with Gasteiger partial charge in [-0.2, -0.15) is 0 Å². The van der Waals surface area contributed by atoms with Gasteiger partial charge in [0.2, 0.25) is 0 Å². The van der Waals surface area contributed by atoms with E-state index in [-0.39, 0.29) is 17.7 Å². The molecule has 0 radical (unpaired) electrons. The average molecular weight is 259 g/mol. The van der Waals surface area contributed by atoms with E-state index in [2.05, 4.69) is 15.6 Å². The van der Waals surface area contributed by atoms with Gasteiger partial charge in [0.25, 0.3) is 0 Å². The fraction of sp³-hybridized carbons (Fsp3) is 0.583. The number of hydrogen-bond acceptors (Lipinski definition) is 4. The molecule has 4 nitrogen and oxygen atoms in total. The van der Waals surface area contributed by atoms with Gasteiger partial charge in [0.1, 0.15) is 0 Å². The van der Waals surface area contributed by atoms with E-state index in [9.17, 15) is 8.78 Å². The van der Waals surface area contributed by atoms with Crippen molar-refractivity contribution in [1.82, 2.24) is 4.98 Å². The van der Waals surface area contributed by atoms with Gasteiger partial charge in [0, 0.05) is 19.7 Å². The summed E-state index contributed by atoms with van der Waals surface area (Å²) in [5, 5.41) is 5.65. The Morgan fingerprint density at radius 2 is 1.94 bits per heavy atom. The minimum Gasteiger partial charge on any atom is -0.383 e. The van der Waals surface area contributed by atoms with Gasteiger partial charge < -0.3 is 15.4 Å². The molecule has 2 N–H and O–H groups in total. The Morgan fingerprint density at radius 3 is 2.50 bits per heavy atom. The van der Waals surface area contributed by atoms with E-state index in [1.54, 1.807) is 7.11 Å². The van der Waals surface area contributed by atoms with Gasteiger partial charge in [-0.15, -0.1) is 0 Å². The van der Waals surface area contributed by atoms with Crippen LogP contribution in [0.1, 0.15) is 20.3 Å². The molecular weight excluding hydrogens is 240 g/mol. The quantitative estimate of drug-likeness (QED) is 0.790. The zero-order valence-electron chi connectivity index (χ0n) is 10.9. The van der Waals surface area contributed by atoms with Crippen molar-refractivity contribution in [2.24, 2.45) is 0 Å². The normalized spacial score (nSPS) is 12.3. The minimum absolute atomic E-state index is 0.0382. The zero-order valence-corrected chi connectivity index (χ0v) is 10.9. The van der Waals surface area contributed by atoms with Crippen LogP contribution in [-0.2, 0) is 4.74 Å². The van der Waals surface area contributed by atoms with Crippen LogP contribution in [0.15, 0.2) is 6.07 Å². The zero-order chi connectivity index (χ0) is 13.5. The molecule has 18 heavy (non-hydrogen) atoms. The van der Waals surface area contributed by atoms with Gasteiger partial charge in [-0.1, -0.05) is 6.92 Å². The third kappa shape index (κ3) is 3.80. The fourth-order valence-corrected chi connectivity index (χ4v) is 1.52. The number of hydrogen-bond donors (Lipinski definition) is 2. The van der Waals surface area contributed by atoms with Crippen molar-refractivity contribution in [3.8, 4) is 0 Å². The van der Waals surface area contributed by atoms with Gasteiger partial charge in [-0.3, -0.25) is 0 Å². The molecule has 1 aromatic heterocycles. The number of anilines is 2. The van der Waals surface area contributed by atoms with Crippen LogP contribution in [0.25, 0.3) is 0 Å². The molecule has 0 bridgehead atoms. The molecule has 0 spiro atoms. The molecule has 1 unspecified atom stereocenters. The number of halogens is 2. The molecule has 0 amide bonds. The molecular formula is C12H19F2N3O. The number of pyridine rings is 1.